The number of carbonyl (C=O) groups excluding carboxylic acids is 1. The normalized spacial score (nSPS) is 10.4. The molecule has 2 rings (SSSR count). The standard InChI is InChI=1S/C15H14Cl2N2OS/c1-2-5-19(9-13-3-4-14(17)21-13)15(20)10-6-11(16)8-12(18)7-10/h2-4,6-8H,1,5,9,18H2. The van der Waals surface area contributed by atoms with Gasteiger partial charge in [-0.05, 0) is 30.3 Å². The Balaban J connectivity index is 2.24. The van der Waals surface area contributed by atoms with Gasteiger partial charge in [0.25, 0.3) is 5.91 Å². The fourth-order valence-corrected chi connectivity index (χ4v) is 3.27. The van der Waals surface area contributed by atoms with E-state index in [4.69, 9.17) is 28.9 Å². The van der Waals surface area contributed by atoms with Gasteiger partial charge in [0.05, 0.1) is 10.9 Å². The number of thiophene rings is 1. The van der Waals surface area contributed by atoms with Crippen LogP contribution in [0.25, 0.3) is 0 Å². The molecule has 0 radical (unpaired) electrons. The number of nitrogen functional groups attached to an aromatic ring is 1. The highest BCUT2D eigenvalue weighted by molar-refractivity contribution is 7.16. The van der Waals surface area contributed by atoms with E-state index < -0.39 is 0 Å². The van der Waals surface area contributed by atoms with Crippen molar-refractivity contribution in [1.82, 2.24) is 4.90 Å². The molecule has 0 fully saturated rings. The Hall–Kier alpha value is -1.49. The second-order valence-electron chi connectivity index (χ2n) is 4.45. The van der Waals surface area contributed by atoms with E-state index >= 15 is 0 Å². The molecule has 0 aliphatic rings. The van der Waals surface area contributed by atoms with Gasteiger partial charge >= 0.3 is 0 Å². The largest absolute Gasteiger partial charge is 0.399 e. The van der Waals surface area contributed by atoms with E-state index in [2.05, 4.69) is 6.58 Å². The Bertz CT molecular complexity index is 649. The molecule has 2 aromatic rings. The summed E-state index contributed by atoms with van der Waals surface area (Å²) in [6, 6.07) is 8.55. The molecule has 1 aromatic heterocycles. The molecule has 21 heavy (non-hydrogen) atoms. The summed E-state index contributed by atoms with van der Waals surface area (Å²) in [7, 11) is 0. The summed E-state index contributed by atoms with van der Waals surface area (Å²) < 4.78 is 0.697. The second kappa shape index (κ2) is 6.98. The smallest absolute Gasteiger partial charge is 0.254 e. The molecule has 2 N–H and O–H groups in total. The van der Waals surface area contributed by atoms with Gasteiger partial charge in [-0.3, -0.25) is 4.79 Å². The highest BCUT2D eigenvalue weighted by Gasteiger charge is 2.17. The van der Waals surface area contributed by atoms with Crippen molar-refractivity contribution in [3.05, 3.63) is 62.8 Å². The molecular formula is C15H14Cl2N2OS. The minimum atomic E-state index is -0.145. The number of benzene rings is 1. The third kappa shape index (κ3) is 4.24. The number of halogens is 2. The van der Waals surface area contributed by atoms with Gasteiger partial charge in [-0.25, -0.2) is 0 Å². The first kappa shape index (κ1) is 15.9. The van der Waals surface area contributed by atoms with Gasteiger partial charge in [0.1, 0.15) is 0 Å². The Morgan fingerprint density at radius 1 is 1.33 bits per heavy atom. The van der Waals surface area contributed by atoms with Crippen LogP contribution < -0.4 is 5.73 Å². The summed E-state index contributed by atoms with van der Waals surface area (Å²) in [6.07, 6.45) is 1.68. The minimum Gasteiger partial charge on any atom is -0.399 e. The van der Waals surface area contributed by atoms with E-state index in [1.165, 1.54) is 11.3 Å². The van der Waals surface area contributed by atoms with E-state index in [1.54, 1.807) is 29.2 Å². The molecule has 1 aromatic carbocycles. The molecule has 0 atom stereocenters. The Morgan fingerprint density at radius 2 is 2.10 bits per heavy atom. The monoisotopic (exact) mass is 340 g/mol. The molecule has 110 valence electrons. The second-order valence-corrected chi connectivity index (χ2v) is 6.69. The number of nitrogens with two attached hydrogens (primary N) is 1. The highest BCUT2D eigenvalue weighted by atomic mass is 35.5. The van der Waals surface area contributed by atoms with Crippen molar-refractivity contribution in [2.45, 2.75) is 6.54 Å². The number of hydrogen-bond donors (Lipinski definition) is 1. The summed E-state index contributed by atoms with van der Waals surface area (Å²) in [5, 5.41) is 0.441. The number of rotatable bonds is 5. The van der Waals surface area contributed by atoms with Crippen LogP contribution >= 0.6 is 34.5 Å². The van der Waals surface area contributed by atoms with E-state index in [0.29, 0.717) is 33.7 Å². The van der Waals surface area contributed by atoms with Crippen LogP contribution in [0.2, 0.25) is 9.36 Å². The first-order valence-electron chi connectivity index (χ1n) is 6.20. The molecule has 0 aliphatic heterocycles. The molecule has 0 spiro atoms. The van der Waals surface area contributed by atoms with Gasteiger partial charge < -0.3 is 10.6 Å². The zero-order valence-electron chi connectivity index (χ0n) is 11.2. The molecule has 0 unspecified atom stereocenters. The van der Waals surface area contributed by atoms with Gasteiger partial charge in [-0.2, -0.15) is 0 Å². The SMILES string of the molecule is C=CCN(Cc1ccc(Cl)s1)C(=O)c1cc(N)cc(Cl)c1. The van der Waals surface area contributed by atoms with Crippen LogP contribution in [0.3, 0.4) is 0 Å². The number of nitrogens with zero attached hydrogens (tertiary/aromatic N) is 1. The van der Waals surface area contributed by atoms with Crippen molar-refractivity contribution < 1.29 is 4.79 Å². The summed E-state index contributed by atoms with van der Waals surface area (Å²) in [4.78, 5) is 15.3. The average Bonchev–Trinajstić information content (AvgIpc) is 2.82. The molecule has 0 aliphatic carbocycles. The lowest BCUT2D eigenvalue weighted by Gasteiger charge is -2.20. The molecule has 0 saturated carbocycles. The fourth-order valence-electron chi connectivity index (χ4n) is 1.92. The van der Waals surface area contributed by atoms with Crippen molar-refractivity contribution >= 4 is 46.1 Å². The zero-order valence-corrected chi connectivity index (χ0v) is 13.5. The quantitative estimate of drug-likeness (QED) is 0.644. The van der Waals surface area contributed by atoms with Crippen molar-refractivity contribution in [3.8, 4) is 0 Å². The van der Waals surface area contributed by atoms with Crippen molar-refractivity contribution in [1.29, 1.82) is 0 Å². The Labute approximate surface area is 137 Å². The predicted octanol–water partition coefficient (Wildman–Crippen LogP) is 4.47. The lowest BCUT2D eigenvalue weighted by molar-refractivity contribution is 0.0764. The molecule has 1 heterocycles. The van der Waals surface area contributed by atoms with Crippen LogP contribution in [-0.2, 0) is 6.54 Å². The minimum absolute atomic E-state index is 0.145. The summed E-state index contributed by atoms with van der Waals surface area (Å²) in [6.45, 7) is 4.59. The van der Waals surface area contributed by atoms with E-state index in [1.807, 2.05) is 12.1 Å². The average molecular weight is 341 g/mol. The lowest BCUT2D eigenvalue weighted by Crippen LogP contribution is -2.30. The lowest BCUT2D eigenvalue weighted by atomic mass is 10.1. The molecule has 6 heteroatoms. The number of carbonyl (C=O) groups is 1. The van der Waals surface area contributed by atoms with Crippen LogP contribution in [0.5, 0.6) is 0 Å². The van der Waals surface area contributed by atoms with Crippen molar-refractivity contribution in [3.63, 3.8) is 0 Å². The maximum absolute atomic E-state index is 12.6. The first-order chi connectivity index (χ1) is 9.99. The molecule has 1 amide bonds. The summed E-state index contributed by atoms with van der Waals surface area (Å²) >= 11 is 13.3. The zero-order chi connectivity index (χ0) is 15.4. The first-order valence-corrected chi connectivity index (χ1v) is 7.77. The van der Waals surface area contributed by atoms with Gasteiger partial charge in [0.15, 0.2) is 0 Å². The van der Waals surface area contributed by atoms with E-state index in [0.717, 1.165) is 4.88 Å². The molecule has 3 nitrogen and oxygen atoms in total. The molecule has 0 bridgehead atoms. The fraction of sp³-hybridized carbons (Fsp3) is 0.133. The maximum atomic E-state index is 12.6. The van der Waals surface area contributed by atoms with Gasteiger partial charge in [-0.15, -0.1) is 17.9 Å². The third-order valence-corrected chi connectivity index (χ3v) is 4.21. The van der Waals surface area contributed by atoms with Gasteiger partial charge in [-0.1, -0.05) is 29.3 Å². The third-order valence-electron chi connectivity index (χ3n) is 2.78. The van der Waals surface area contributed by atoms with Crippen LogP contribution in [0.1, 0.15) is 15.2 Å². The summed E-state index contributed by atoms with van der Waals surface area (Å²) in [5.41, 5.74) is 6.66. The van der Waals surface area contributed by atoms with Gasteiger partial charge in [0.2, 0.25) is 0 Å². The predicted molar refractivity (Wildman–Crippen MR) is 90.1 cm³/mol. The van der Waals surface area contributed by atoms with Crippen LogP contribution in [0.15, 0.2) is 43.0 Å². The molecular weight excluding hydrogens is 327 g/mol. The number of anilines is 1. The van der Waals surface area contributed by atoms with E-state index in [9.17, 15) is 4.79 Å². The topological polar surface area (TPSA) is 46.3 Å². The van der Waals surface area contributed by atoms with Crippen LogP contribution in [-0.4, -0.2) is 17.4 Å². The summed E-state index contributed by atoms with van der Waals surface area (Å²) in [5.74, 6) is -0.145. The Kier molecular flexibility index (Phi) is 5.28. The number of hydrogen-bond acceptors (Lipinski definition) is 3. The van der Waals surface area contributed by atoms with E-state index in [-0.39, 0.29) is 5.91 Å². The van der Waals surface area contributed by atoms with Gasteiger partial charge in [0, 0.05) is 27.7 Å². The van der Waals surface area contributed by atoms with Crippen LogP contribution in [0, 0.1) is 0 Å². The highest BCUT2D eigenvalue weighted by Crippen LogP contribution is 2.24. The number of amides is 1. The van der Waals surface area contributed by atoms with Crippen molar-refractivity contribution in [2.24, 2.45) is 0 Å². The molecule has 0 saturated heterocycles. The maximum Gasteiger partial charge on any atom is 0.254 e. The Morgan fingerprint density at radius 3 is 2.67 bits per heavy atom. The van der Waals surface area contributed by atoms with Crippen LogP contribution in [0.4, 0.5) is 5.69 Å². The van der Waals surface area contributed by atoms with Crippen molar-refractivity contribution in [2.75, 3.05) is 12.3 Å².